The fourth-order valence-corrected chi connectivity index (χ4v) is 5.16. The number of hydrogen-bond acceptors (Lipinski definition) is 9. The van der Waals surface area contributed by atoms with E-state index in [1.54, 1.807) is 61.7 Å². The standard InChI is InChI=1S/C26H24N2O7S/c1-32-16-9-5-14(6-10-16)13-18-19(27)21(25(30)34-3)28-20(18)23(26(31)35-4)36-22(24(28)29)15-7-11-17(33-2)12-8-15/h5-13,22H,27H2,1-4H3/b18-13+. The number of carbonyl (C=O) groups is 3. The zero-order chi connectivity index (χ0) is 26.0. The number of ether oxygens (including phenoxy) is 4. The highest BCUT2D eigenvalue weighted by Gasteiger charge is 2.38. The van der Waals surface area contributed by atoms with E-state index in [2.05, 4.69) is 0 Å². The van der Waals surface area contributed by atoms with Gasteiger partial charge in [0.2, 0.25) is 5.91 Å². The third kappa shape index (κ3) is 4.31. The van der Waals surface area contributed by atoms with Gasteiger partial charge in [-0.2, -0.15) is 0 Å². The molecule has 0 amide bonds. The van der Waals surface area contributed by atoms with Crippen molar-refractivity contribution < 1.29 is 33.3 Å². The monoisotopic (exact) mass is 508 g/mol. The quantitative estimate of drug-likeness (QED) is 0.499. The maximum absolute atomic E-state index is 13.8. The third-order valence-corrected chi connectivity index (χ3v) is 7.04. The molecular formula is C26H24N2O7S. The first-order valence-electron chi connectivity index (χ1n) is 10.8. The van der Waals surface area contributed by atoms with Crippen LogP contribution in [0.25, 0.3) is 11.0 Å². The van der Waals surface area contributed by atoms with E-state index in [1.165, 1.54) is 21.3 Å². The number of nitrogens with zero attached hydrogens (tertiary/aromatic N) is 1. The van der Waals surface area contributed by atoms with Crippen LogP contribution in [0.15, 0.2) is 48.5 Å². The Kier molecular flexibility index (Phi) is 7.07. The molecule has 3 aromatic rings. The minimum absolute atomic E-state index is 0.0124. The summed E-state index contributed by atoms with van der Waals surface area (Å²) in [6, 6.07) is 14.0. The van der Waals surface area contributed by atoms with E-state index in [4.69, 9.17) is 24.7 Å². The lowest BCUT2D eigenvalue weighted by Crippen LogP contribution is -2.42. The highest BCUT2D eigenvalue weighted by molar-refractivity contribution is 8.10. The summed E-state index contributed by atoms with van der Waals surface area (Å²) in [5.41, 5.74) is 7.62. The van der Waals surface area contributed by atoms with E-state index in [1.807, 2.05) is 0 Å². The van der Waals surface area contributed by atoms with Crippen molar-refractivity contribution in [1.82, 2.24) is 4.57 Å². The smallest absolute Gasteiger partial charge is 0.357 e. The molecule has 1 aliphatic rings. The molecule has 9 nitrogen and oxygen atoms in total. The molecule has 36 heavy (non-hydrogen) atoms. The normalized spacial score (nSPS) is 15.3. The summed E-state index contributed by atoms with van der Waals surface area (Å²) in [5, 5.41) is -0.341. The number of esters is 2. The number of hydrogen-bond donors (Lipinski definition) is 1. The maximum atomic E-state index is 13.8. The van der Waals surface area contributed by atoms with Crippen molar-refractivity contribution in [2.24, 2.45) is 0 Å². The zero-order valence-corrected chi connectivity index (χ0v) is 20.9. The van der Waals surface area contributed by atoms with Gasteiger partial charge in [0.05, 0.1) is 39.5 Å². The molecule has 2 heterocycles. The van der Waals surface area contributed by atoms with Crippen LogP contribution in [-0.4, -0.2) is 50.9 Å². The molecule has 186 valence electrons. The number of anilines is 1. The molecule has 0 saturated heterocycles. The lowest BCUT2D eigenvalue weighted by Gasteiger charge is -2.23. The number of nitrogens with two attached hydrogens (primary N) is 1. The number of methoxy groups -OCH3 is 4. The van der Waals surface area contributed by atoms with Crippen molar-refractivity contribution in [3.63, 3.8) is 0 Å². The average Bonchev–Trinajstić information content (AvgIpc) is 3.20. The lowest BCUT2D eigenvalue weighted by atomic mass is 10.1. The number of benzene rings is 2. The molecule has 4 rings (SSSR count). The van der Waals surface area contributed by atoms with E-state index < -0.39 is 23.1 Å². The molecule has 1 unspecified atom stereocenters. The van der Waals surface area contributed by atoms with Crippen LogP contribution in [0.5, 0.6) is 11.5 Å². The minimum Gasteiger partial charge on any atom is -0.497 e. The van der Waals surface area contributed by atoms with Crippen molar-refractivity contribution >= 4 is 46.3 Å². The molecule has 0 spiro atoms. The Labute approximate surface area is 211 Å². The molecule has 0 bridgehead atoms. The fourth-order valence-electron chi connectivity index (χ4n) is 3.93. The van der Waals surface area contributed by atoms with E-state index in [9.17, 15) is 14.4 Å². The van der Waals surface area contributed by atoms with Crippen LogP contribution in [-0.2, 0) is 14.3 Å². The van der Waals surface area contributed by atoms with Gasteiger partial charge in [0.15, 0.2) is 5.69 Å². The SMILES string of the molecule is COC(=O)C1=c2/c(=C/c3ccc(OC)cc3)c(N)c(C(=O)OC)n2C(=O)C(c2ccc(OC)cc2)S1. The molecule has 1 atom stereocenters. The second-order valence-corrected chi connectivity index (χ2v) is 8.81. The van der Waals surface area contributed by atoms with Gasteiger partial charge in [0, 0.05) is 5.22 Å². The average molecular weight is 509 g/mol. The van der Waals surface area contributed by atoms with Gasteiger partial charge in [-0.15, -0.1) is 0 Å². The predicted molar refractivity (Wildman–Crippen MR) is 135 cm³/mol. The molecule has 0 fully saturated rings. The predicted octanol–water partition coefficient (Wildman–Crippen LogP) is 2.11. The number of rotatable bonds is 6. The topological polar surface area (TPSA) is 119 Å². The Balaban J connectivity index is 2.04. The molecule has 2 N–H and O–H groups in total. The van der Waals surface area contributed by atoms with Crippen molar-refractivity contribution in [2.45, 2.75) is 5.25 Å². The van der Waals surface area contributed by atoms with Crippen LogP contribution < -0.4 is 25.8 Å². The van der Waals surface area contributed by atoms with Crippen molar-refractivity contribution in [3.8, 4) is 11.5 Å². The summed E-state index contributed by atoms with van der Waals surface area (Å²) >= 11 is 1.04. The van der Waals surface area contributed by atoms with E-state index in [0.717, 1.165) is 16.3 Å². The Morgan fingerprint density at radius 1 is 0.889 bits per heavy atom. The van der Waals surface area contributed by atoms with Gasteiger partial charge >= 0.3 is 11.9 Å². The highest BCUT2D eigenvalue weighted by atomic mass is 32.2. The van der Waals surface area contributed by atoms with E-state index in [-0.39, 0.29) is 21.6 Å². The van der Waals surface area contributed by atoms with Gasteiger partial charge in [0.1, 0.15) is 21.7 Å². The number of carbonyl (C=O) groups excluding carboxylic acids is 3. The van der Waals surface area contributed by atoms with Crippen LogP contribution in [0, 0.1) is 0 Å². The first-order valence-corrected chi connectivity index (χ1v) is 11.6. The summed E-state index contributed by atoms with van der Waals surface area (Å²) in [4.78, 5) is 39.7. The van der Waals surface area contributed by atoms with Crippen molar-refractivity contribution in [1.29, 1.82) is 0 Å². The molecule has 0 aliphatic carbocycles. The first-order chi connectivity index (χ1) is 17.3. The van der Waals surface area contributed by atoms with E-state index in [0.29, 0.717) is 27.8 Å². The third-order valence-electron chi connectivity index (χ3n) is 5.74. The van der Waals surface area contributed by atoms with Gasteiger partial charge in [-0.05, 0) is 41.5 Å². The second-order valence-electron chi connectivity index (χ2n) is 7.70. The maximum Gasteiger partial charge on any atom is 0.357 e. The fraction of sp³-hybridized carbons (Fsp3) is 0.192. The van der Waals surface area contributed by atoms with Crippen molar-refractivity contribution in [3.05, 3.63) is 75.9 Å². The number of thioether (sulfide) groups is 1. The van der Waals surface area contributed by atoms with Gasteiger partial charge in [-0.25, -0.2) is 9.59 Å². The molecule has 10 heteroatoms. The summed E-state index contributed by atoms with van der Waals surface area (Å²) in [6.07, 6.45) is 1.69. The lowest BCUT2D eigenvalue weighted by molar-refractivity contribution is -0.133. The zero-order valence-electron chi connectivity index (χ0n) is 20.1. The van der Waals surface area contributed by atoms with Crippen LogP contribution in [0.3, 0.4) is 0 Å². The second kappa shape index (κ2) is 10.2. The first kappa shape index (κ1) is 24.9. The van der Waals surface area contributed by atoms with Gasteiger partial charge < -0.3 is 24.7 Å². The molecule has 0 radical (unpaired) electrons. The number of nitrogen functional groups attached to an aromatic ring is 1. The van der Waals surface area contributed by atoms with Gasteiger partial charge in [-0.1, -0.05) is 36.0 Å². The highest BCUT2D eigenvalue weighted by Crippen LogP contribution is 2.40. The molecule has 0 saturated carbocycles. The van der Waals surface area contributed by atoms with Gasteiger partial charge in [0.25, 0.3) is 0 Å². The van der Waals surface area contributed by atoms with Crippen LogP contribution >= 0.6 is 11.8 Å². The Bertz CT molecular complexity index is 1460. The van der Waals surface area contributed by atoms with Crippen LogP contribution in [0.1, 0.15) is 31.7 Å². The van der Waals surface area contributed by atoms with Gasteiger partial charge in [-0.3, -0.25) is 9.36 Å². The Morgan fingerprint density at radius 2 is 1.44 bits per heavy atom. The number of aromatic nitrogens is 1. The largest absolute Gasteiger partial charge is 0.497 e. The summed E-state index contributed by atoms with van der Waals surface area (Å²) in [6.45, 7) is 0. The Morgan fingerprint density at radius 3 is 1.97 bits per heavy atom. The Hall–Kier alpha value is -4.18. The van der Waals surface area contributed by atoms with E-state index >= 15 is 0 Å². The van der Waals surface area contributed by atoms with Crippen LogP contribution in [0.2, 0.25) is 0 Å². The van der Waals surface area contributed by atoms with Crippen molar-refractivity contribution in [2.75, 3.05) is 34.2 Å². The summed E-state index contributed by atoms with van der Waals surface area (Å²) in [5.74, 6) is -0.646. The summed E-state index contributed by atoms with van der Waals surface area (Å²) in [7, 11) is 5.54. The molecule has 1 aliphatic heterocycles. The minimum atomic E-state index is -0.846. The summed E-state index contributed by atoms with van der Waals surface area (Å²) < 4.78 is 21.6. The number of fused-ring (bicyclic) bond motifs is 1. The van der Waals surface area contributed by atoms with Crippen LogP contribution in [0.4, 0.5) is 5.69 Å². The molecule has 2 aromatic carbocycles. The molecular weight excluding hydrogens is 484 g/mol. The molecule has 1 aromatic heterocycles.